The van der Waals surface area contributed by atoms with Crippen LogP contribution < -0.4 is 16.3 Å². The van der Waals surface area contributed by atoms with Gasteiger partial charge < -0.3 is 5.73 Å². The van der Waals surface area contributed by atoms with Crippen molar-refractivity contribution in [2.24, 2.45) is 10.5 Å². The number of hydrogen-bond acceptors (Lipinski definition) is 1. The Bertz CT molecular complexity index is 741. The van der Waals surface area contributed by atoms with Crippen molar-refractivity contribution in [2.45, 2.75) is 6.92 Å². The Morgan fingerprint density at radius 1 is 0.739 bits per heavy atom. The number of nitrogens with zero attached hydrogens (tertiary/aromatic N) is 1. The van der Waals surface area contributed by atoms with Gasteiger partial charge in [0.2, 0.25) is 0 Å². The van der Waals surface area contributed by atoms with Crippen LogP contribution in [-0.4, -0.2) is 5.84 Å². The normalized spacial score (nSPS) is 11.7. The molecule has 3 aromatic rings. The Labute approximate surface area is 138 Å². The molecule has 0 unspecified atom stereocenters. The van der Waals surface area contributed by atoms with E-state index in [0.29, 0.717) is 5.84 Å². The van der Waals surface area contributed by atoms with Crippen LogP contribution in [0.4, 0.5) is 0 Å². The molecule has 2 nitrogen and oxygen atoms in total. The molecule has 0 fully saturated rings. The summed E-state index contributed by atoms with van der Waals surface area (Å²) in [5.74, 6) is 0.587. The average Bonchev–Trinajstić information content (AvgIpc) is 2.61. The van der Waals surface area contributed by atoms with E-state index in [2.05, 4.69) is 43.3 Å². The topological polar surface area (TPSA) is 38.4 Å². The second-order valence-corrected chi connectivity index (χ2v) is 7.19. The first kappa shape index (κ1) is 15.5. The second kappa shape index (κ2) is 7.21. The molecule has 114 valence electrons. The summed E-state index contributed by atoms with van der Waals surface area (Å²) in [6.07, 6.45) is 0. The SMILES string of the molecule is Cc1ccc(C(N)=NP(c2ccccc2)c2ccccc2)cc1. The number of benzene rings is 3. The molecule has 0 radical (unpaired) electrons. The van der Waals surface area contributed by atoms with E-state index in [4.69, 9.17) is 10.5 Å². The molecule has 0 bridgehead atoms. The molecule has 0 heterocycles. The monoisotopic (exact) mass is 318 g/mol. The van der Waals surface area contributed by atoms with E-state index >= 15 is 0 Å². The lowest BCUT2D eigenvalue weighted by atomic mass is 10.1. The van der Waals surface area contributed by atoms with Crippen LogP contribution in [0, 0.1) is 6.92 Å². The number of hydrogen-bond donors (Lipinski definition) is 1. The van der Waals surface area contributed by atoms with Gasteiger partial charge in [0, 0.05) is 16.2 Å². The third-order valence-electron chi connectivity index (χ3n) is 3.56. The maximum absolute atomic E-state index is 6.29. The lowest BCUT2D eigenvalue weighted by Gasteiger charge is -2.14. The van der Waals surface area contributed by atoms with Crippen molar-refractivity contribution in [3.63, 3.8) is 0 Å². The van der Waals surface area contributed by atoms with Gasteiger partial charge in [0.25, 0.3) is 0 Å². The van der Waals surface area contributed by atoms with Crippen LogP contribution >= 0.6 is 8.07 Å². The van der Waals surface area contributed by atoms with Crippen molar-refractivity contribution in [3.8, 4) is 0 Å². The highest BCUT2D eigenvalue weighted by Crippen LogP contribution is 2.35. The summed E-state index contributed by atoms with van der Waals surface area (Å²) in [4.78, 5) is 0. The maximum atomic E-state index is 6.29. The molecule has 0 amide bonds. The van der Waals surface area contributed by atoms with Crippen LogP contribution in [0.25, 0.3) is 0 Å². The van der Waals surface area contributed by atoms with E-state index in [1.807, 2.05) is 48.5 Å². The van der Waals surface area contributed by atoms with Crippen molar-refractivity contribution >= 4 is 24.5 Å². The summed E-state index contributed by atoms with van der Waals surface area (Å²) in [6.45, 7) is 2.07. The molecule has 0 saturated heterocycles. The molecule has 3 rings (SSSR count). The van der Waals surface area contributed by atoms with Gasteiger partial charge in [0.15, 0.2) is 0 Å². The van der Waals surface area contributed by atoms with Gasteiger partial charge in [0.1, 0.15) is 5.84 Å². The van der Waals surface area contributed by atoms with E-state index < -0.39 is 8.07 Å². The predicted molar refractivity (Wildman–Crippen MR) is 101 cm³/mol. The zero-order valence-corrected chi connectivity index (χ0v) is 13.9. The van der Waals surface area contributed by atoms with E-state index in [0.717, 1.165) is 5.56 Å². The highest BCUT2D eigenvalue weighted by molar-refractivity contribution is 7.71. The van der Waals surface area contributed by atoms with Crippen LogP contribution in [0.15, 0.2) is 89.7 Å². The zero-order chi connectivity index (χ0) is 16.1. The molecule has 0 aliphatic heterocycles. The molecule has 0 spiro atoms. The summed E-state index contributed by atoms with van der Waals surface area (Å²) in [6, 6.07) is 28.9. The Kier molecular flexibility index (Phi) is 4.85. The van der Waals surface area contributed by atoms with Gasteiger partial charge in [-0.1, -0.05) is 90.5 Å². The van der Waals surface area contributed by atoms with E-state index in [-0.39, 0.29) is 0 Å². The maximum Gasteiger partial charge on any atom is 0.130 e. The smallest absolute Gasteiger partial charge is 0.130 e. The first-order chi connectivity index (χ1) is 11.2. The van der Waals surface area contributed by atoms with Gasteiger partial charge in [-0.25, -0.2) is 4.76 Å². The first-order valence-corrected chi connectivity index (χ1v) is 8.85. The third kappa shape index (κ3) is 3.85. The van der Waals surface area contributed by atoms with Gasteiger partial charge in [-0.05, 0) is 6.92 Å². The molecular formula is C20H19N2P. The molecule has 23 heavy (non-hydrogen) atoms. The van der Waals surface area contributed by atoms with Crippen molar-refractivity contribution in [3.05, 3.63) is 96.1 Å². The molecule has 0 atom stereocenters. The fourth-order valence-corrected chi connectivity index (χ4v) is 4.06. The number of amidine groups is 1. The third-order valence-corrected chi connectivity index (χ3v) is 5.55. The van der Waals surface area contributed by atoms with Crippen LogP contribution in [0.5, 0.6) is 0 Å². The summed E-state index contributed by atoms with van der Waals surface area (Å²) < 4.78 is 4.88. The number of nitrogens with two attached hydrogens (primary N) is 1. The Morgan fingerprint density at radius 2 is 1.22 bits per heavy atom. The van der Waals surface area contributed by atoms with Gasteiger partial charge in [-0.2, -0.15) is 0 Å². The standard InChI is InChI=1S/C20H19N2P/c1-16-12-14-17(15-13-16)20(21)22-23(18-8-4-2-5-9-18)19-10-6-3-7-11-19/h2-15H,1H3,(H2,21,22). The van der Waals surface area contributed by atoms with Crippen molar-refractivity contribution in [2.75, 3.05) is 0 Å². The van der Waals surface area contributed by atoms with Crippen LogP contribution in [0.2, 0.25) is 0 Å². The molecule has 0 aliphatic rings. The summed E-state index contributed by atoms with van der Waals surface area (Å²) in [5, 5.41) is 2.40. The lowest BCUT2D eigenvalue weighted by molar-refractivity contribution is 1.45. The molecule has 0 aromatic heterocycles. The Morgan fingerprint density at radius 3 is 1.70 bits per heavy atom. The van der Waals surface area contributed by atoms with Crippen LogP contribution in [0.3, 0.4) is 0 Å². The quantitative estimate of drug-likeness (QED) is 0.444. The highest BCUT2D eigenvalue weighted by Gasteiger charge is 2.13. The van der Waals surface area contributed by atoms with Crippen molar-refractivity contribution < 1.29 is 0 Å². The molecule has 2 N–H and O–H groups in total. The lowest BCUT2D eigenvalue weighted by Crippen LogP contribution is -2.17. The van der Waals surface area contributed by atoms with Gasteiger partial charge in [-0.15, -0.1) is 0 Å². The van der Waals surface area contributed by atoms with Crippen LogP contribution in [0.1, 0.15) is 11.1 Å². The molecule has 3 aromatic carbocycles. The number of aryl methyl sites for hydroxylation is 1. The Hall–Kier alpha value is -2.44. The number of rotatable bonds is 4. The van der Waals surface area contributed by atoms with E-state index in [1.54, 1.807) is 0 Å². The molecular weight excluding hydrogens is 299 g/mol. The minimum atomic E-state index is -0.859. The average molecular weight is 318 g/mol. The van der Waals surface area contributed by atoms with Gasteiger partial charge in [0.05, 0.1) is 8.07 Å². The highest BCUT2D eigenvalue weighted by atomic mass is 31.1. The predicted octanol–water partition coefficient (Wildman–Crippen LogP) is 3.75. The van der Waals surface area contributed by atoms with Gasteiger partial charge in [-0.3, -0.25) is 0 Å². The minimum absolute atomic E-state index is 0.587. The van der Waals surface area contributed by atoms with Crippen molar-refractivity contribution in [1.82, 2.24) is 0 Å². The summed E-state index contributed by atoms with van der Waals surface area (Å²) in [5.41, 5.74) is 8.47. The first-order valence-electron chi connectivity index (χ1n) is 7.55. The summed E-state index contributed by atoms with van der Waals surface area (Å²) >= 11 is 0. The zero-order valence-electron chi connectivity index (χ0n) is 13.1. The minimum Gasteiger partial charge on any atom is -0.383 e. The molecule has 0 aliphatic carbocycles. The summed E-state index contributed by atoms with van der Waals surface area (Å²) in [7, 11) is -0.859. The molecule has 3 heteroatoms. The Balaban J connectivity index is 2.02. The second-order valence-electron chi connectivity index (χ2n) is 5.33. The van der Waals surface area contributed by atoms with Gasteiger partial charge >= 0.3 is 0 Å². The molecule has 0 saturated carbocycles. The van der Waals surface area contributed by atoms with Crippen molar-refractivity contribution in [1.29, 1.82) is 0 Å². The fraction of sp³-hybridized carbons (Fsp3) is 0.0500. The largest absolute Gasteiger partial charge is 0.383 e. The van der Waals surface area contributed by atoms with Crippen LogP contribution in [-0.2, 0) is 0 Å². The van der Waals surface area contributed by atoms with E-state index in [1.165, 1.54) is 16.2 Å². The fourth-order valence-electron chi connectivity index (χ4n) is 2.29. The van der Waals surface area contributed by atoms with E-state index in [9.17, 15) is 0 Å².